The first kappa shape index (κ1) is 18.2. The Morgan fingerprint density at radius 1 is 1.32 bits per heavy atom. The van der Waals surface area contributed by atoms with Gasteiger partial charge in [-0.25, -0.2) is 4.79 Å². The zero-order valence-electron chi connectivity index (χ0n) is 13.6. The van der Waals surface area contributed by atoms with Gasteiger partial charge >= 0.3 is 12.0 Å². The van der Waals surface area contributed by atoms with Crippen LogP contribution in [0.5, 0.6) is 0 Å². The van der Waals surface area contributed by atoms with Gasteiger partial charge in [0.2, 0.25) is 5.91 Å². The number of hydrogen-bond donors (Lipinski definition) is 5. The summed E-state index contributed by atoms with van der Waals surface area (Å²) < 4.78 is 0. The molecule has 9 heteroatoms. The molecular weight excluding hydrogens is 326 g/mol. The van der Waals surface area contributed by atoms with Crippen LogP contribution in [0.1, 0.15) is 18.4 Å². The SMILES string of the molecule is N=C(N)c1ccc(N2CCC(C(CCNC(N)=O)C(=O)O)C2=O)cc1. The van der Waals surface area contributed by atoms with Crippen LogP contribution < -0.4 is 21.7 Å². The molecule has 0 aliphatic carbocycles. The fourth-order valence-electron chi connectivity index (χ4n) is 3.00. The number of anilines is 1. The first-order chi connectivity index (χ1) is 11.8. The number of carbonyl (C=O) groups is 3. The number of nitrogens with zero attached hydrogens (tertiary/aromatic N) is 1. The molecule has 1 aliphatic heterocycles. The van der Waals surface area contributed by atoms with Gasteiger partial charge in [-0.3, -0.25) is 15.0 Å². The third kappa shape index (κ3) is 4.25. The molecule has 0 radical (unpaired) electrons. The van der Waals surface area contributed by atoms with Crippen molar-refractivity contribution in [2.75, 3.05) is 18.0 Å². The number of nitrogen functional groups attached to an aromatic ring is 1. The Labute approximate surface area is 144 Å². The summed E-state index contributed by atoms with van der Waals surface area (Å²) in [6, 6.07) is 5.92. The number of primary amides is 1. The topological polar surface area (TPSA) is 163 Å². The Balaban J connectivity index is 2.09. The predicted molar refractivity (Wildman–Crippen MR) is 91.2 cm³/mol. The van der Waals surface area contributed by atoms with Gasteiger partial charge in [0.1, 0.15) is 5.84 Å². The van der Waals surface area contributed by atoms with Gasteiger partial charge in [0.15, 0.2) is 0 Å². The third-order valence-electron chi connectivity index (χ3n) is 4.29. The van der Waals surface area contributed by atoms with Crippen LogP contribution in [0.4, 0.5) is 10.5 Å². The average Bonchev–Trinajstić information content (AvgIpc) is 2.92. The molecule has 1 aliphatic rings. The van der Waals surface area contributed by atoms with Crippen LogP contribution in [0, 0.1) is 17.2 Å². The summed E-state index contributed by atoms with van der Waals surface area (Å²) in [5.41, 5.74) is 11.6. The molecule has 7 N–H and O–H groups in total. The lowest BCUT2D eigenvalue weighted by Crippen LogP contribution is -2.36. The van der Waals surface area contributed by atoms with Crippen molar-refractivity contribution in [2.24, 2.45) is 23.3 Å². The predicted octanol–water partition coefficient (Wildman–Crippen LogP) is 0.0828. The molecule has 2 atom stereocenters. The Hall–Kier alpha value is -3.10. The normalized spacial score (nSPS) is 18.0. The van der Waals surface area contributed by atoms with Crippen molar-refractivity contribution < 1.29 is 19.5 Å². The summed E-state index contributed by atoms with van der Waals surface area (Å²) in [6.45, 7) is 0.513. The standard InChI is InChI=1S/C16H21N5O4/c17-13(18)9-1-3-10(4-2-9)21-8-6-11(14(21)22)12(15(23)24)5-7-20-16(19)25/h1-4,11-12H,5-8H2,(H3,17,18)(H,23,24)(H3,19,20,25). The molecule has 0 aromatic heterocycles. The molecule has 3 amide bonds. The van der Waals surface area contributed by atoms with E-state index in [2.05, 4.69) is 5.32 Å². The summed E-state index contributed by atoms with van der Waals surface area (Å²) >= 11 is 0. The third-order valence-corrected chi connectivity index (χ3v) is 4.29. The fourth-order valence-corrected chi connectivity index (χ4v) is 3.00. The molecule has 134 valence electrons. The smallest absolute Gasteiger partial charge is 0.312 e. The summed E-state index contributed by atoms with van der Waals surface area (Å²) in [6.07, 6.45) is 0.548. The lowest BCUT2D eigenvalue weighted by Gasteiger charge is -2.20. The summed E-state index contributed by atoms with van der Waals surface area (Å²) in [7, 11) is 0. The second-order valence-electron chi connectivity index (χ2n) is 5.87. The van der Waals surface area contributed by atoms with Crippen molar-refractivity contribution in [1.82, 2.24) is 5.32 Å². The molecular formula is C16H21N5O4. The number of carbonyl (C=O) groups excluding carboxylic acids is 2. The van der Waals surface area contributed by atoms with Crippen LogP contribution in [0.3, 0.4) is 0 Å². The Morgan fingerprint density at radius 3 is 2.48 bits per heavy atom. The number of aliphatic carboxylic acids is 1. The van der Waals surface area contributed by atoms with E-state index in [0.717, 1.165) is 0 Å². The van der Waals surface area contributed by atoms with E-state index >= 15 is 0 Å². The highest BCUT2D eigenvalue weighted by Crippen LogP contribution is 2.31. The van der Waals surface area contributed by atoms with Gasteiger partial charge in [0.05, 0.1) is 11.8 Å². The number of amidine groups is 1. The molecule has 25 heavy (non-hydrogen) atoms. The van der Waals surface area contributed by atoms with Gasteiger partial charge in [-0.15, -0.1) is 0 Å². The highest BCUT2D eigenvalue weighted by atomic mass is 16.4. The van der Waals surface area contributed by atoms with Gasteiger partial charge in [0.25, 0.3) is 0 Å². The second kappa shape index (κ2) is 7.65. The van der Waals surface area contributed by atoms with Gasteiger partial charge in [-0.05, 0) is 37.1 Å². The lowest BCUT2D eigenvalue weighted by molar-refractivity contribution is -0.146. The molecule has 0 spiro atoms. The largest absolute Gasteiger partial charge is 0.481 e. The first-order valence-electron chi connectivity index (χ1n) is 7.83. The van der Waals surface area contributed by atoms with Gasteiger partial charge in [-0.2, -0.15) is 0 Å². The van der Waals surface area contributed by atoms with Gasteiger partial charge in [0, 0.05) is 24.3 Å². The maximum atomic E-state index is 12.7. The molecule has 1 aromatic carbocycles. The van der Waals surface area contributed by atoms with Crippen LogP contribution in [0.25, 0.3) is 0 Å². The van der Waals surface area contributed by atoms with E-state index in [1.165, 1.54) is 4.90 Å². The number of carboxylic acids is 1. The minimum atomic E-state index is -1.07. The maximum absolute atomic E-state index is 12.7. The highest BCUT2D eigenvalue weighted by Gasteiger charge is 2.40. The molecule has 2 unspecified atom stereocenters. The Kier molecular flexibility index (Phi) is 5.58. The van der Waals surface area contributed by atoms with Crippen molar-refractivity contribution in [3.8, 4) is 0 Å². The molecule has 1 saturated heterocycles. The highest BCUT2D eigenvalue weighted by molar-refractivity contribution is 6.00. The molecule has 0 bridgehead atoms. The number of amides is 3. The van der Waals surface area contributed by atoms with Gasteiger partial charge < -0.3 is 26.8 Å². The number of hydrogen-bond acceptors (Lipinski definition) is 4. The number of carboxylic acid groups (broad SMARTS) is 1. The summed E-state index contributed by atoms with van der Waals surface area (Å²) in [5, 5.41) is 19.1. The second-order valence-corrected chi connectivity index (χ2v) is 5.87. The first-order valence-corrected chi connectivity index (χ1v) is 7.83. The monoisotopic (exact) mass is 347 g/mol. The van der Waals surface area contributed by atoms with Crippen molar-refractivity contribution in [1.29, 1.82) is 5.41 Å². The van der Waals surface area contributed by atoms with E-state index in [1.807, 2.05) is 0 Å². The average molecular weight is 347 g/mol. The van der Waals surface area contributed by atoms with Gasteiger partial charge in [-0.1, -0.05) is 0 Å². The van der Waals surface area contributed by atoms with Crippen LogP contribution in [-0.4, -0.2) is 41.9 Å². The number of benzene rings is 1. The van der Waals surface area contributed by atoms with Crippen molar-refractivity contribution >= 4 is 29.4 Å². The molecule has 1 aromatic rings. The number of nitrogens with one attached hydrogen (secondary N) is 2. The number of rotatable bonds is 7. The minimum absolute atomic E-state index is 0.0648. The summed E-state index contributed by atoms with van der Waals surface area (Å²) in [4.78, 5) is 36.4. The zero-order valence-corrected chi connectivity index (χ0v) is 13.6. The zero-order chi connectivity index (χ0) is 18.6. The van der Waals surface area contributed by atoms with Crippen molar-refractivity contribution in [2.45, 2.75) is 12.8 Å². The van der Waals surface area contributed by atoms with Crippen LogP contribution in [0.2, 0.25) is 0 Å². The molecule has 1 fully saturated rings. The molecule has 9 nitrogen and oxygen atoms in total. The molecule has 1 heterocycles. The number of nitrogens with two attached hydrogens (primary N) is 2. The van der Waals surface area contributed by atoms with Crippen LogP contribution in [0.15, 0.2) is 24.3 Å². The maximum Gasteiger partial charge on any atom is 0.312 e. The van der Waals surface area contributed by atoms with E-state index < -0.39 is 23.8 Å². The lowest BCUT2D eigenvalue weighted by atomic mass is 9.88. The quantitative estimate of drug-likeness (QED) is 0.348. The Bertz CT molecular complexity index is 688. The Morgan fingerprint density at radius 2 is 1.96 bits per heavy atom. The van der Waals surface area contributed by atoms with E-state index in [-0.39, 0.29) is 24.7 Å². The summed E-state index contributed by atoms with van der Waals surface area (Å²) in [5.74, 6) is -2.94. The van der Waals surface area contributed by atoms with E-state index in [9.17, 15) is 19.5 Å². The molecule has 0 saturated carbocycles. The fraction of sp³-hybridized carbons (Fsp3) is 0.375. The minimum Gasteiger partial charge on any atom is -0.481 e. The van der Waals surface area contributed by atoms with E-state index in [4.69, 9.17) is 16.9 Å². The van der Waals surface area contributed by atoms with Crippen molar-refractivity contribution in [3.63, 3.8) is 0 Å². The van der Waals surface area contributed by atoms with Crippen LogP contribution in [-0.2, 0) is 9.59 Å². The number of urea groups is 1. The van der Waals surface area contributed by atoms with E-state index in [0.29, 0.717) is 24.2 Å². The van der Waals surface area contributed by atoms with Crippen LogP contribution >= 0.6 is 0 Å². The molecule has 2 rings (SSSR count). The van der Waals surface area contributed by atoms with E-state index in [1.54, 1.807) is 24.3 Å². The van der Waals surface area contributed by atoms with Crippen molar-refractivity contribution in [3.05, 3.63) is 29.8 Å².